The van der Waals surface area contributed by atoms with Gasteiger partial charge in [-0.15, -0.1) is 0 Å². The summed E-state index contributed by atoms with van der Waals surface area (Å²) in [4.78, 5) is 17.2. The summed E-state index contributed by atoms with van der Waals surface area (Å²) in [6.07, 6.45) is 0.808. The number of ether oxygens (including phenoxy) is 2. The molecule has 0 bridgehead atoms. The van der Waals surface area contributed by atoms with Gasteiger partial charge in [0.2, 0.25) is 0 Å². The molecule has 1 saturated heterocycles. The van der Waals surface area contributed by atoms with Crippen molar-refractivity contribution in [3.05, 3.63) is 47.0 Å². The number of anilines is 1. The van der Waals surface area contributed by atoms with Gasteiger partial charge in [0.15, 0.2) is 11.5 Å². The Morgan fingerprint density at radius 3 is 2.55 bits per heavy atom. The Kier molecular flexibility index (Phi) is 4.93. The molecule has 2 aliphatic heterocycles. The third-order valence-electron chi connectivity index (χ3n) is 5.29. The zero-order valence-electron chi connectivity index (χ0n) is 15.8. The van der Waals surface area contributed by atoms with Crippen molar-refractivity contribution in [2.45, 2.75) is 6.42 Å². The van der Waals surface area contributed by atoms with E-state index in [1.807, 2.05) is 17.0 Å². The maximum atomic E-state index is 13.1. The molecule has 1 amide bonds. The molecule has 2 aromatic carbocycles. The predicted molar refractivity (Wildman–Crippen MR) is 115 cm³/mol. The molecule has 2 aliphatic rings. The average Bonchev–Trinajstić information content (AvgIpc) is 3.05. The molecule has 150 valence electrons. The highest BCUT2D eigenvalue weighted by molar-refractivity contribution is 7.13. The van der Waals surface area contributed by atoms with E-state index in [9.17, 15) is 4.79 Å². The van der Waals surface area contributed by atoms with Crippen LogP contribution in [0.25, 0.3) is 10.1 Å². The molecular weight excluding hydrogens is 410 g/mol. The SMILES string of the molecule is O=C(c1cc2c(cc1Cl)OCCCO2)N1CCN(c2nsc3ccccc23)CC1. The number of carbonyl (C=O) groups is 1. The Hall–Kier alpha value is -2.51. The van der Waals surface area contributed by atoms with Gasteiger partial charge >= 0.3 is 0 Å². The van der Waals surface area contributed by atoms with Crippen molar-refractivity contribution in [1.82, 2.24) is 9.27 Å². The van der Waals surface area contributed by atoms with Crippen LogP contribution >= 0.6 is 23.1 Å². The third-order valence-corrected chi connectivity index (χ3v) is 6.42. The first-order valence-corrected chi connectivity index (χ1v) is 10.8. The monoisotopic (exact) mass is 429 g/mol. The minimum Gasteiger partial charge on any atom is -0.490 e. The molecule has 3 heterocycles. The van der Waals surface area contributed by atoms with Gasteiger partial charge in [-0.05, 0) is 29.7 Å². The smallest absolute Gasteiger partial charge is 0.255 e. The summed E-state index contributed by atoms with van der Waals surface area (Å²) < 4.78 is 17.2. The number of benzene rings is 2. The zero-order valence-corrected chi connectivity index (χ0v) is 17.3. The van der Waals surface area contributed by atoms with Gasteiger partial charge < -0.3 is 19.3 Å². The lowest BCUT2D eigenvalue weighted by Gasteiger charge is -2.35. The van der Waals surface area contributed by atoms with E-state index >= 15 is 0 Å². The summed E-state index contributed by atoms with van der Waals surface area (Å²) in [5.41, 5.74) is 0.462. The van der Waals surface area contributed by atoms with Crippen molar-refractivity contribution < 1.29 is 14.3 Å². The van der Waals surface area contributed by atoms with Crippen molar-refractivity contribution in [3.63, 3.8) is 0 Å². The van der Waals surface area contributed by atoms with E-state index in [-0.39, 0.29) is 5.91 Å². The lowest BCUT2D eigenvalue weighted by molar-refractivity contribution is 0.0746. The molecular formula is C21H20ClN3O3S. The normalized spacial score (nSPS) is 16.7. The molecule has 0 aliphatic carbocycles. The molecule has 3 aromatic rings. The van der Waals surface area contributed by atoms with Crippen LogP contribution < -0.4 is 14.4 Å². The van der Waals surface area contributed by atoms with E-state index in [1.54, 1.807) is 12.1 Å². The topological polar surface area (TPSA) is 54.9 Å². The van der Waals surface area contributed by atoms with Crippen LogP contribution in [0, 0.1) is 0 Å². The van der Waals surface area contributed by atoms with E-state index < -0.39 is 0 Å². The summed E-state index contributed by atoms with van der Waals surface area (Å²) in [5.74, 6) is 2.12. The minimum atomic E-state index is -0.0755. The van der Waals surface area contributed by atoms with E-state index in [0.29, 0.717) is 48.4 Å². The van der Waals surface area contributed by atoms with Crippen LogP contribution in [0.5, 0.6) is 11.5 Å². The van der Waals surface area contributed by atoms with Crippen LogP contribution in [0.1, 0.15) is 16.8 Å². The van der Waals surface area contributed by atoms with Crippen LogP contribution in [0.4, 0.5) is 5.82 Å². The number of fused-ring (bicyclic) bond motifs is 2. The van der Waals surface area contributed by atoms with Gasteiger partial charge in [-0.1, -0.05) is 23.7 Å². The summed E-state index contributed by atoms with van der Waals surface area (Å²) >= 11 is 7.91. The number of carbonyl (C=O) groups excluding carboxylic acids is 1. The summed E-state index contributed by atoms with van der Waals surface area (Å²) in [7, 11) is 0. The Morgan fingerprint density at radius 2 is 1.76 bits per heavy atom. The number of piperazine rings is 1. The molecule has 0 atom stereocenters. The number of aromatic nitrogens is 1. The van der Waals surface area contributed by atoms with Crippen molar-refractivity contribution in [2.24, 2.45) is 0 Å². The lowest BCUT2D eigenvalue weighted by Crippen LogP contribution is -2.49. The van der Waals surface area contributed by atoms with Crippen molar-refractivity contribution in [2.75, 3.05) is 44.3 Å². The summed E-state index contributed by atoms with van der Waals surface area (Å²) in [5, 5.41) is 1.57. The van der Waals surface area contributed by atoms with Crippen LogP contribution in [0.3, 0.4) is 0 Å². The van der Waals surface area contributed by atoms with E-state index in [4.69, 9.17) is 21.1 Å². The molecule has 0 N–H and O–H groups in total. The number of hydrogen-bond acceptors (Lipinski definition) is 6. The Morgan fingerprint density at radius 1 is 1.03 bits per heavy atom. The highest BCUT2D eigenvalue weighted by Gasteiger charge is 2.27. The maximum Gasteiger partial charge on any atom is 0.255 e. The van der Waals surface area contributed by atoms with Gasteiger partial charge in [0.05, 0.1) is 28.5 Å². The molecule has 0 saturated carbocycles. The van der Waals surface area contributed by atoms with E-state index in [2.05, 4.69) is 21.4 Å². The number of amides is 1. The second kappa shape index (κ2) is 7.72. The molecule has 0 radical (unpaired) electrons. The molecule has 0 spiro atoms. The van der Waals surface area contributed by atoms with Gasteiger partial charge in [-0.2, -0.15) is 4.37 Å². The van der Waals surface area contributed by atoms with Crippen molar-refractivity contribution in [3.8, 4) is 11.5 Å². The van der Waals surface area contributed by atoms with Gasteiger partial charge in [-0.25, -0.2) is 0 Å². The highest BCUT2D eigenvalue weighted by atomic mass is 35.5. The average molecular weight is 430 g/mol. The van der Waals surface area contributed by atoms with Crippen LogP contribution in [-0.4, -0.2) is 54.6 Å². The molecule has 6 nitrogen and oxygen atoms in total. The molecule has 1 aromatic heterocycles. The highest BCUT2D eigenvalue weighted by Crippen LogP contribution is 2.36. The number of hydrogen-bond donors (Lipinski definition) is 0. The van der Waals surface area contributed by atoms with Crippen LogP contribution in [0.15, 0.2) is 36.4 Å². The standard InChI is InChI=1S/C21H20ClN3O3S/c22-16-13-18-17(27-10-3-11-28-18)12-15(16)21(26)25-8-6-24(7-9-25)20-14-4-1-2-5-19(14)29-23-20/h1-2,4-5,12-13H,3,6-11H2. The van der Waals surface area contributed by atoms with Gasteiger partial charge in [0.1, 0.15) is 5.82 Å². The van der Waals surface area contributed by atoms with Crippen LogP contribution in [0.2, 0.25) is 5.02 Å². The fourth-order valence-electron chi connectivity index (χ4n) is 3.74. The zero-order chi connectivity index (χ0) is 19.8. The minimum absolute atomic E-state index is 0.0755. The number of halogens is 1. The van der Waals surface area contributed by atoms with E-state index in [0.717, 1.165) is 25.3 Å². The first-order valence-electron chi connectivity index (χ1n) is 9.68. The lowest BCUT2D eigenvalue weighted by atomic mass is 10.1. The third kappa shape index (κ3) is 3.49. The van der Waals surface area contributed by atoms with Crippen molar-refractivity contribution in [1.29, 1.82) is 0 Å². The second-order valence-corrected chi connectivity index (χ2v) is 8.32. The largest absolute Gasteiger partial charge is 0.490 e. The second-order valence-electron chi connectivity index (χ2n) is 7.11. The Labute approximate surface area is 177 Å². The van der Waals surface area contributed by atoms with Gasteiger partial charge in [0, 0.05) is 44.1 Å². The van der Waals surface area contributed by atoms with E-state index in [1.165, 1.54) is 21.6 Å². The van der Waals surface area contributed by atoms with Crippen molar-refractivity contribution >= 4 is 44.9 Å². The van der Waals surface area contributed by atoms with Gasteiger partial charge in [-0.3, -0.25) is 4.79 Å². The quantitative estimate of drug-likeness (QED) is 0.614. The molecule has 8 heteroatoms. The number of rotatable bonds is 2. The molecule has 0 unspecified atom stereocenters. The fraction of sp³-hybridized carbons (Fsp3) is 0.333. The summed E-state index contributed by atoms with van der Waals surface area (Å²) in [6.45, 7) is 3.88. The van der Waals surface area contributed by atoms with Gasteiger partial charge in [0.25, 0.3) is 5.91 Å². The fourth-order valence-corrected chi connectivity index (χ4v) is 4.77. The first-order chi connectivity index (χ1) is 14.2. The summed E-state index contributed by atoms with van der Waals surface area (Å²) in [6, 6.07) is 11.6. The molecule has 5 rings (SSSR count). The van der Waals surface area contributed by atoms with Crippen LogP contribution in [-0.2, 0) is 0 Å². The predicted octanol–water partition coefficient (Wildman–Crippen LogP) is 4.07. The molecule has 29 heavy (non-hydrogen) atoms. The first kappa shape index (κ1) is 18.5. The number of nitrogens with zero attached hydrogens (tertiary/aromatic N) is 3. The molecule has 1 fully saturated rings. The maximum absolute atomic E-state index is 13.1. The Balaban J connectivity index is 1.32. The Bertz CT molecular complexity index is 1060.